The lowest BCUT2D eigenvalue weighted by atomic mass is 10.1. The van der Waals surface area contributed by atoms with Gasteiger partial charge in [-0.15, -0.1) is 0 Å². The van der Waals surface area contributed by atoms with Crippen LogP contribution in [0.4, 0.5) is 17.1 Å². The molecule has 20 heavy (non-hydrogen) atoms. The van der Waals surface area contributed by atoms with Crippen LogP contribution in [0.25, 0.3) is 0 Å². The van der Waals surface area contributed by atoms with E-state index in [1.807, 2.05) is 24.3 Å². The van der Waals surface area contributed by atoms with E-state index in [4.69, 9.17) is 15.2 Å². The van der Waals surface area contributed by atoms with E-state index in [1.165, 1.54) is 7.11 Å². The number of nitrogen functional groups attached to an aromatic ring is 1. The number of hydrogen-bond acceptors (Lipinski definition) is 5. The highest BCUT2D eigenvalue weighted by atomic mass is 16.5. The van der Waals surface area contributed by atoms with Gasteiger partial charge in [0.2, 0.25) is 0 Å². The maximum Gasteiger partial charge on any atom is 0.340 e. The number of nitrogens with two attached hydrogens (primary N) is 1. The molecule has 2 rings (SSSR count). The molecule has 0 radical (unpaired) electrons. The number of benzene rings is 2. The number of carbonyl (C=O) groups excluding carboxylic acids is 1. The van der Waals surface area contributed by atoms with Crippen molar-refractivity contribution < 1.29 is 14.3 Å². The number of hydrogen-bond donors (Lipinski definition) is 2. The first kappa shape index (κ1) is 13.7. The van der Waals surface area contributed by atoms with Gasteiger partial charge in [0.15, 0.2) is 0 Å². The number of methoxy groups -OCH3 is 2. The van der Waals surface area contributed by atoms with E-state index in [2.05, 4.69) is 5.32 Å². The SMILES string of the molecule is COC(=O)c1cc(N)ccc1Nc1cccc(OC)c1. The third kappa shape index (κ3) is 3.00. The Kier molecular flexibility index (Phi) is 4.10. The lowest BCUT2D eigenvalue weighted by molar-refractivity contribution is 0.0602. The summed E-state index contributed by atoms with van der Waals surface area (Å²) >= 11 is 0. The van der Waals surface area contributed by atoms with Crippen molar-refractivity contribution >= 4 is 23.0 Å². The summed E-state index contributed by atoms with van der Waals surface area (Å²) in [5.41, 5.74) is 8.02. The van der Waals surface area contributed by atoms with Gasteiger partial charge in [0.1, 0.15) is 5.75 Å². The number of carbonyl (C=O) groups is 1. The summed E-state index contributed by atoms with van der Waals surface area (Å²) in [5, 5.41) is 3.15. The quantitative estimate of drug-likeness (QED) is 0.661. The second-order valence-corrected chi connectivity index (χ2v) is 4.15. The fraction of sp³-hybridized carbons (Fsp3) is 0.133. The van der Waals surface area contributed by atoms with E-state index in [-0.39, 0.29) is 0 Å². The Morgan fingerprint density at radius 1 is 1.15 bits per heavy atom. The Balaban J connectivity index is 2.35. The van der Waals surface area contributed by atoms with E-state index in [0.29, 0.717) is 16.9 Å². The molecule has 0 amide bonds. The normalized spacial score (nSPS) is 9.90. The third-order valence-electron chi connectivity index (χ3n) is 2.80. The molecule has 0 aliphatic rings. The van der Waals surface area contributed by atoms with Crippen LogP contribution in [0.1, 0.15) is 10.4 Å². The molecular formula is C15H16N2O3. The summed E-state index contributed by atoms with van der Waals surface area (Å²) in [6.07, 6.45) is 0. The van der Waals surface area contributed by atoms with Crippen LogP contribution in [0.2, 0.25) is 0 Å². The van der Waals surface area contributed by atoms with Crippen molar-refractivity contribution in [2.45, 2.75) is 0 Å². The highest BCUT2D eigenvalue weighted by Gasteiger charge is 2.12. The van der Waals surface area contributed by atoms with Crippen molar-refractivity contribution in [3.8, 4) is 5.75 Å². The first-order valence-corrected chi connectivity index (χ1v) is 6.03. The highest BCUT2D eigenvalue weighted by molar-refractivity contribution is 5.97. The second kappa shape index (κ2) is 5.97. The minimum absolute atomic E-state index is 0.385. The van der Waals surface area contributed by atoms with Gasteiger partial charge in [0.05, 0.1) is 25.5 Å². The zero-order valence-electron chi connectivity index (χ0n) is 11.3. The van der Waals surface area contributed by atoms with Crippen LogP contribution in [-0.2, 0) is 4.74 Å². The Morgan fingerprint density at radius 2 is 1.95 bits per heavy atom. The summed E-state index contributed by atoms with van der Waals surface area (Å²) in [6.45, 7) is 0. The number of esters is 1. The maximum absolute atomic E-state index is 11.8. The predicted molar refractivity (Wildman–Crippen MR) is 78.5 cm³/mol. The van der Waals surface area contributed by atoms with Crippen LogP contribution >= 0.6 is 0 Å². The maximum atomic E-state index is 11.8. The lowest BCUT2D eigenvalue weighted by Crippen LogP contribution is -2.06. The minimum atomic E-state index is -0.442. The van der Waals surface area contributed by atoms with Crippen LogP contribution in [0.15, 0.2) is 42.5 Å². The molecule has 0 saturated heterocycles. The van der Waals surface area contributed by atoms with Gasteiger partial charge in [-0.05, 0) is 30.3 Å². The fourth-order valence-electron chi connectivity index (χ4n) is 1.81. The van der Waals surface area contributed by atoms with Gasteiger partial charge >= 0.3 is 5.97 Å². The first-order chi connectivity index (χ1) is 9.63. The van der Waals surface area contributed by atoms with Crippen molar-refractivity contribution in [3.63, 3.8) is 0 Å². The molecule has 2 aromatic carbocycles. The van der Waals surface area contributed by atoms with Gasteiger partial charge in [-0.3, -0.25) is 0 Å². The monoisotopic (exact) mass is 272 g/mol. The summed E-state index contributed by atoms with van der Waals surface area (Å²) in [4.78, 5) is 11.8. The summed E-state index contributed by atoms with van der Waals surface area (Å²) in [7, 11) is 2.93. The van der Waals surface area contributed by atoms with Gasteiger partial charge in [-0.25, -0.2) is 4.79 Å². The van der Waals surface area contributed by atoms with Gasteiger partial charge in [-0.2, -0.15) is 0 Å². The van der Waals surface area contributed by atoms with Crippen LogP contribution in [0.5, 0.6) is 5.75 Å². The highest BCUT2D eigenvalue weighted by Crippen LogP contribution is 2.26. The van der Waals surface area contributed by atoms with E-state index < -0.39 is 5.97 Å². The molecule has 5 heteroatoms. The van der Waals surface area contributed by atoms with Crippen molar-refractivity contribution in [3.05, 3.63) is 48.0 Å². The molecular weight excluding hydrogens is 256 g/mol. The van der Waals surface area contributed by atoms with E-state index >= 15 is 0 Å². The molecule has 104 valence electrons. The molecule has 0 saturated carbocycles. The molecule has 0 aliphatic carbocycles. The fourth-order valence-corrected chi connectivity index (χ4v) is 1.81. The van der Waals surface area contributed by atoms with Gasteiger partial charge in [0.25, 0.3) is 0 Å². The summed E-state index contributed by atoms with van der Waals surface area (Å²) in [5.74, 6) is 0.285. The van der Waals surface area contributed by atoms with Crippen LogP contribution in [0, 0.1) is 0 Å². The second-order valence-electron chi connectivity index (χ2n) is 4.15. The third-order valence-corrected chi connectivity index (χ3v) is 2.80. The lowest BCUT2D eigenvalue weighted by Gasteiger charge is -2.12. The zero-order chi connectivity index (χ0) is 14.5. The Morgan fingerprint density at radius 3 is 2.65 bits per heavy atom. The molecule has 0 unspecified atom stereocenters. The van der Waals surface area contributed by atoms with Crippen molar-refractivity contribution in [1.82, 2.24) is 0 Å². The standard InChI is InChI=1S/C15H16N2O3/c1-19-12-5-3-4-11(9-12)17-14-7-6-10(16)8-13(14)15(18)20-2/h3-9,17H,16H2,1-2H3. The van der Waals surface area contributed by atoms with Crippen LogP contribution in [-0.4, -0.2) is 20.2 Å². The molecule has 2 aromatic rings. The average molecular weight is 272 g/mol. The minimum Gasteiger partial charge on any atom is -0.497 e. The molecule has 0 spiro atoms. The van der Waals surface area contributed by atoms with Crippen molar-refractivity contribution in [2.24, 2.45) is 0 Å². The molecule has 0 bridgehead atoms. The number of ether oxygens (including phenoxy) is 2. The molecule has 0 fully saturated rings. The molecule has 0 aliphatic heterocycles. The molecule has 0 atom stereocenters. The van der Waals surface area contributed by atoms with E-state index in [1.54, 1.807) is 25.3 Å². The Hall–Kier alpha value is -2.69. The van der Waals surface area contributed by atoms with Gasteiger partial charge in [-0.1, -0.05) is 6.07 Å². The Bertz CT molecular complexity index is 626. The number of nitrogens with one attached hydrogen (secondary N) is 1. The molecule has 3 N–H and O–H groups in total. The first-order valence-electron chi connectivity index (χ1n) is 6.03. The molecule has 0 aromatic heterocycles. The van der Waals surface area contributed by atoms with Crippen molar-refractivity contribution in [2.75, 3.05) is 25.3 Å². The largest absolute Gasteiger partial charge is 0.497 e. The van der Waals surface area contributed by atoms with Gasteiger partial charge in [0, 0.05) is 17.4 Å². The smallest absolute Gasteiger partial charge is 0.340 e. The van der Waals surface area contributed by atoms with E-state index in [0.717, 1.165) is 11.4 Å². The zero-order valence-corrected chi connectivity index (χ0v) is 11.3. The summed E-state index contributed by atoms with van der Waals surface area (Å²) < 4.78 is 9.91. The average Bonchev–Trinajstić information content (AvgIpc) is 2.48. The van der Waals surface area contributed by atoms with E-state index in [9.17, 15) is 4.79 Å². The number of anilines is 3. The molecule has 0 heterocycles. The Labute approximate surface area is 117 Å². The molecule has 5 nitrogen and oxygen atoms in total. The van der Waals surface area contributed by atoms with Gasteiger partial charge < -0.3 is 20.5 Å². The van der Waals surface area contributed by atoms with Crippen LogP contribution < -0.4 is 15.8 Å². The van der Waals surface area contributed by atoms with Crippen LogP contribution in [0.3, 0.4) is 0 Å². The predicted octanol–water partition coefficient (Wildman–Crippen LogP) is 2.81. The van der Waals surface area contributed by atoms with Crippen molar-refractivity contribution in [1.29, 1.82) is 0 Å². The number of rotatable bonds is 4. The topological polar surface area (TPSA) is 73.6 Å². The summed E-state index contributed by atoms with van der Waals surface area (Å²) in [6, 6.07) is 12.4.